The van der Waals surface area contributed by atoms with Gasteiger partial charge in [0, 0.05) is 25.2 Å². The van der Waals surface area contributed by atoms with Crippen LogP contribution in [0.5, 0.6) is 5.75 Å². The van der Waals surface area contributed by atoms with Crippen LogP contribution in [0.25, 0.3) is 0 Å². The molecule has 1 atom stereocenters. The number of hydrogen-bond donors (Lipinski definition) is 3. The zero-order valence-electron chi connectivity index (χ0n) is 15.3. The molecule has 0 saturated carbocycles. The predicted molar refractivity (Wildman–Crippen MR) is 96.5 cm³/mol. The number of rotatable bonds is 7. The molecule has 1 saturated heterocycles. The average Bonchev–Trinajstić information content (AvgIpc) is 2.72. The number of anilines is 2. The molecular formula is C17H19F3N8O. The Morgan fingerprint density at radius 3 is 2.76 bits per heavy atom. The largest absolute Gasteiger partial charge is 0.490 e. The van der Waals surface area contributed by atoms with Crippen molar-refractivity contribution in [1.82, 2.24) is 30.8 Å². The molecule has 0 aromatic carbocycles. The quantitative estimate of drug-likeness (QED) is 0.587. The summed E-state index contributed by atoms with van der Waals surface area (Å²) in [6, 6.07) is 3.20. The Bertz CT molecular complexity index is 847. The van der Waals surface area contributed by atoms with E-state index in [2.05, 4.69) is 36.1 Å². The molecule has 0 radical (unpaired) electrons. The number of nitrogens with zero attached hydrogens (tertiary/aromatic N) is 5. The lowest BCUT2D eigenvalue weighted by Gasteiger charge is -2.24. The molecule has 1 aliphatic heterocycles. The minimum atomic E-state index is -4.70. The zero-order valence-corrected chi connectivity index (χ0v) is 15.3. The number of nitrogens with one attached hydrogen (secondary N) is 3. The maximum atomic E-state index is 13.2. The first-order chi connectivity index (χ1) is 14.0. The first kappa shape index (κ1) is 20.7. The lowest BCUT2D eigenvalue weighted by Crippen LogP contribution is -2.44. The fraction of sp³-hybridized carbons (Fsp3) is 0.471. The van der Waals surface area contributed by atoms with E-state index < -0.39 is 17.6 Å². The van der Waals surface area contributed by atoms with Crippen LogP contribution in [-0.2, 0) is 6.18 Å². The third-order valence-corrected chi connectivity index (χ3v) is 4.14. The van der Waals surface area contributed by atoms with Crippen LogP contribution in [0.15, 0.2) is 18.5 Å². The second-order valence-electron chi connectivity index (χ2n) is 6.31. The SMILES string of the molecule is N#Cc1cnc(Nc2cc(OCCNC3CCCNC3)c(C(F)(F)F)nn2)cn1. The molecule has 2 aromatic heterocycles. The van der Waals surface area contributed by atoms with Gasteiger partial charge in [-0.2, -0.15) is 18.4 Å². The Morgan fingerprint density at radius 2 is 2.10 bits per heavy atom. The van der Waals surface area contributed by atoms with Crippen molar-refractivity contribution in [3.8, 4) is 11.8 Å². The number of halogens is 3. The van der Waals surface area contributed by atoms with Crippen LogP contribution in [-0.4, -0.2) is 52.4 Å². The number of ether oxygens (including phenoxy) is 1. The van der Waals surface area contributed by atoms with E-state index in [1.165, 1.54) is 12.4 Å². The van der Waals surface area contributed by atoms with Gasteiger partial charge in [-0.15, -0.1) is 10.2 Å². The summed E-state index contributed by atoms with van der Waals surface area (Å²) in [7, 11) is 0. The number of hydrogen-bond acceptors (Lipinski definition) is 9. The maximum Gasteiger partial charge on any atom is 0.438 e. The molecular weight excluding hydrogens is 389 g/mol. The lowest BCUT2D eigenvalue weighted by molar-refractivity contribution is -0.143. The monoisotopic (exact) mass is 408 g/mol. The molecule has 1 fully saturated rings. The number of nitriles is 1. The van der Waals surface area contributed by atoms with Crippen molar-refractivity contribution in [3.05, 3.63) is 29.8 Å². The van der Waals surface area contributed by atoms with Gasteiger partial charge in [-0.25, -0.2) is 9.97 Å². The highest BCUT2D eigenvalue weighted by Gasteiger charge is 2.37. The van der Waals surface area contributed by atoms with Gasteiger partial charge >= 0.3 is 6.18 Å². The minimum Gasteiger partial charge on any atom is -0.490 e. The topological polar surface area (TPSA) is 121 Å². The van der Waals surface area contributed by atoms with Crippen molar-refractivity contribution in [1.29, 1.82) is 5.26 Å². The van der Waals surface area contributed by atoms with Gasteiger partial charge in [0.1, 0.15) is 18.5 Å². The molecule has 0 aliphatic carbocycles. The van der Waals surface area contributed by atoms with Gasteiger partial charge in [-0.05, 0) is 19.4 Å². The van der Waals surface area contributed by atoms with Gasteiger partial charge in [-0.3, -0.25) is 0 Å². The molecule has 1 unspecified atom stereocenters. The Labute approximate surface area is 164 Å². The summed E-state index contributed by atoms with van der Waals surface area (Å²) in [6.45, 7) is 2.24. The van der Waals surface area contributed by atoms with Gasteiger partial charge in [-0.1, -0.05) is 0 Å². The molecule has 2 aromatic rings. The van der Waals surface area contributed by atoms with Crippen molar-refractivity contribution in [2.24, 2.45) is 0 Å². The fourth-order valence-electron chi connectivity index (χ4n) is 2.77. The van der Waals surface area contributed by atoms with Crippen LogP contribution >= 0.6 is 0 Å². The summed E-state index contributed by atoms with van der Waals surface area (Å²) < 4.78 is 45.0. The van der Waals surface area contributed by atoms with Crippen LogP contribution in [0.2, 0.25) is 0 Å². The van der Waals surface area contributed by atoms with E-state index in [-0.39, 0.29) is 30.0 Å². The molecule has 29 heavy (non-hydrogen) atoms. The second-order valence-corrected chi connectivity index (χ2v) is 6.31. The van der Waals surface area contributed by atoms with Gasteiger partial charge in [0.25, 0.3) is 0 Å². The first-order valence-corrected chi connectivity index (χ1v) is 8.96. The van der Waals surface area contributed by atoms with E-state index in [4.69, 9.17) is 10.00 Å². The summed E-state index contributed by atoms with van der Waals surface area (Å²) in [5.74, 6) is -0.216. The van der Waals surface area contributed by atoms with E-state index in [1.54, 1.807) is 0 Å². The van der Waals surface area contributed by atoms with Gasteiger partial charge in [0.15, 0.2) is 17.3 Å². The molecule has 0 bridgehead atoms. The van der Waals surface area contributed by atoms with Crippen LogP contribution in [0.4, 0.5) is 24.8 Å². The highest BCUT2D eigenvalue weighted by molar-refractivity contribution is 5.53. The van der Waals surface area contributed by atoms with Gasteiger partial charge < -0.3 is 20.7 Å². The summed E-state index contributed by atoms with van der Waals surface area (Å²) >= 11 is 0. The molecule has 9 nitrogen and oxygen atoms in total. The summed E-state index contributed by atoms with van der Waals surface area (Å²) in [5, 5.41) is 24.7. The second kappa shape index (κ2) is 9.44. The van der Waals surface area contributed by atoms with Gasteiger partial charge in [0.05, 0.1) is 12.4 Å². The van der Waals surface area contributed by atoms with E-state index >= 15 is 0 Å². The van der Waals surface area contributed by atoms with E-state index in [0.717, 1.165) is 32.0 Å². The Kier molecular flexibility index (Phi) is 6.73. The van der Waals surface area contributed by atoms with E-state index in [0.29, 0.717) is 6.54 Å². The van der Waals surface area contributed by atoms with Crippen molar-refractivity contribution in [2.75, 3.05) is 31.6 Å². The number of aromatic nitrogens is 4. The molecule has 154 valence electrons. The van der Waals surface area contributed by atoms with Crippen molar-refractivity contribution < 1.29 is 17.9 Å². The van der Waals surface area contributed by atoms with Crippen molar-refractivity contribution in [2.45, 2.75) is 25.1 Å². The molecule has 12 heteroatoms. The maximum absolute atomic E-state index is 13.2. The molecule has 3 N–H and O–H groups in total. The molecule has 0 spiro atoms. The third-order valence-electron chi connectivity index (χ3n) is 4.14. The Morgan fingerprint density at radius 1 is 1.24 bits per heavy atom. The first-order valence-electron chi connectivity index (χ1n) is 8.96. The molecule has 3 heterocycles. The number of alkyl halides is 3. The lowest BCUT2D eigenvalue weighted by atomic mass is 10.1. The highest BCUT2D eigenvalue weighted by Crippen LogP contribution is 2.35. The summed E-state index contributed by atoms with van der Waals surface area (Å²) in [4.78, 5) is 7.75. The average molecular weight is 408 g/mol. The van der Waals surface area contributed by atoms with Gasteiger partial charge in [0.2, 0.25) is 5.69 Å². The molecule has 3 rings (SSSR count). The van der Waals surface area contributed by atoms with Crippen LogP contribution in [0.3, 0.4) is 0 Å². The smallest absolute Gasteiger partial charge is 0.438 e. The fourth-order valence-corrected chi connectivity index (χ4v) is 2.77. The standard InChI is InChI=1S/C17H19F3N8O/c18-17(19,20)16-13(29-5-4-23-11-2-1-3-22-8-11)6-14(27-28-16)26-15-10-24-12(7-21)9-25-15/h6,9-11,22-23H,1-5,8H2,(H,25,26,27). The summed E-state index contributed by atoms with van der Waals surface area (Å²) in [5.41, 5.74) is -1.09. The third kappa shape index (κ3) is 5.97. The van der Waals surface area contributed by atoms with Crippen molar-refractivity contribution >= 4 is 11.6 Å². The van der Waals surface area contributed by atoms with Crippen LogP contribution in [0, 0.1) is 11.3 Å². The Balaban J connectivity index is 1.65. The molecule has 0 amide bonds. The van der Waals surface area contributed by atoms with Crippen molar-refractivity contribution in [3.63, 3.8) is 0 Å². The zero-order chi connectivity index (χ0) is 20.7. The number of piperidine rings is 1. The van der Waals surface area contributed by atoms with E-state index in [9.17, 15) is 13.2 Å². The van der Waals surface area contributed by atoms with E-state index in [1.807, 2.05) is 6.07 Å². The highest BCUT2D eigenvalue weighted by atomic mass is 19.4. The minimum absolute atomic E-state index is 0.0106. The Hall–Kier alpha value is -3.04. The normalized spacial score (nSPS) is 16.8. The van der Waals surface area contributed by atoms with Crippen LogP contribution in [0.1, 0.15) is 24.2 Å². The molecule has 1 aliphatic rings. The van der Waals surface area contributed by atoms with Crippen LogP contribution < -0.4 is 20.7 Å². The summed E-state index contributed by atoms with van der Waals surface area (Å²) in [6.07, 6.45) is -0.144. The predicted octanol–water partition coefficient (Wildman–Crippen LogP) is 1.62.